The highest BCUT2D eigenvalue weighted by atomic mass is 32.2. The number of halogens is 3. The van der Waals surface area contributed by atoms with Crippen LogP contribution in [0.3, 0.4) is 0 Å². The first-order valence-electron chi connectivity index (χ1n) is 10.4. The van der Waals surface area contributed by atoms with Crippen molar-refractivity contribution in [3.63, 3.8) is 0 Å². The Morgan fingerprint density at radius 1 is 1.00 bits per heavy atom. The van der Waals surface area contributed by atoms with Crippen molar-refractivity contribution in [1.29, 1.82) is 0 Å². The Bertz CT molecular complexity index is 1070. The van der Waals surface area contributed by atoms with Crippen LogP contribution < -0.4 is 4.74 Å². The zero-order chi connectivity index (χ0) is 24.1. The number of piperazine rings is 1. The molecule has 3 rings (SSSR count). The van der Waals surface area contributed by atoms with Crippen molar-refractivity contribution in [2.75, 3.05) is 46.0 Å². The Balaban J connectivity index is 1.67. The molecule has 0 unspecified atom stereocenters. The Morgan fingerprint density at radius 2 is 1.70 bits per heavy atom. The van der Waals surface area contributed by atoms with Gasteiger partial charge in [0.05, 0.1) is 22.6 Å². The average molecular weight is 487 g/mol. The lowest BCUT2D eigenvalue weighted by atomic mass is 10.1. The van der Waals surface area contributed by atoms with Crippen molar-refractivity contribution in [3.05, 3.63) is 59.7 Å². The van der Waals surface area contributed by atoms with E-state index in [9.17, 15) is 26.4 Å². The van der Waals surface area contributed by atoms with E-state index >= 15 is 0 Å². The maximum absolute atomic E-state index is 13.0. The molecule has 0 spiro atoms. The standard InChI is InChI=1S/C22H25F3N2O5S/c1-2-31-14-15-32-20-9-4-3-8-19(20)21(28)26-10-12-27(13-11-26)33(29,30)18-7-5-6-17(16-18)22(23,24)25/h3-9,16H,2,10-15H2,1H3. The van der Waals surface area contributed by atoms with Crippen LogP contribution in [0, 0.1) is 0 Å². The summed E-state index contributed by atoms with van der Waals surface area (Å²) in [4.78, 5) is 14.1. The molecule has 1 saturated heterocycles. The van der Waals surface area contributed by atoms with E-state index in [1.54, 1.807) is 24.3 Å². The SMILES string of the molecule is CCOCCOc1ccccc1C(=O)N1CCN(S(=O)(=O)c2cccc(C(F)(F)F)c2)CC1. The summed E-state index contributed by atoms with van der Waals surface area (Å²) in [6.07, 6.45) is -4.64. The molecule has 0 bridgehead atoms. The van der Waals surface area contributed by atoms with Gasteiger partial charge in [0.15, 0.2) is 0 Å². The van der Waals surface area contributed by atoms with Gasteiger partial charge in [-0.1, -0.05) is 18.2 Å². The van der Waals surface area contributed by atoms with Crippen LogP contribution in [0.1, 0.15) is 22.8 Å². The molecule has 180 valence electrons. The molecule has 1 fully saturated rings. The molecule has 1 aliphatic heterocycles. The van der Waals surface area contributed by atoms with Crippen LogP contribution in [0.2, 0.25) is 0 Å². The average Bonchev–Trinajstić information content (AvgIpc) is 2.81. The van der Waals surface area contributed by atoms with E-state index in [2.05, 4.69) is 0 Å². The number of hydrogen-bond donors (Lipinski definition) is 0. The highest BCUT2D eigenvalue weighted by Gasteiger charge is 2.34. The maximum atomic E-state index is 13.0. The molecule has 2 aromatic rings. The van der Waals surface area contributed by atoms with Crippen LogP contribution in [0.25, 0.3) is 0 Å². The molecule has 0 aliphatic carbocycles. The second-order valence-corrected chi connectivity index (χ2v) is 9.20. The molecule has 1 amide bonds. The molecular weight excluding hydrogens is 461 g/mol. The summed E-state index contributed by atoms with van der Waals surface area (Å²) in [5, 5.41) is 0. The number of amides is 1. The molecule has 0 atom stereocenters. The molecule has 0 N–H and O–H groups in total. The molecule has 0 radical (unpaired) electrons. The number of carbonyl (C=O) groups excluding carboxylic acids is 1. The monoisotopic (exact) mass is 486 g/mol. The quantitative estimate of drug-likeness (QED) is 0.536. The van der Waals surface area contributed by atoms with Crippen LogP contribution in [-0.2, 0) is 20.9 Å². The third kappa shape index (κ3) is 6.04. The maximum Gasteiger partial charge on any atom is 0.416 e. The van der Waals surface area contributed by atoms with Crippen molar-refractivity contribution in [1.82, 2.24) is 9.21 Å². The van der Waals surface area contributed by atoms with Crippen molar-refractivity contribution < 1.29 is 35.9 Å². The number of hydrogen-bond acceptors (Lipinski definition) is 5. The predicted octanol–water partition coefficient (Wildman–Crippen LogP) is 3.27. The summed E-state index contributed by atoms with van der Waals surface area (Å²) in [6, 6.07) is 10.4. The number of alkyl halides is 3. The van der Waals surface area contributed by atoms with Gasteiger partial charge in [-0.2, -0.15) is 17.5 Å². The van der Waals surface area contributed by atoms with Gasteiger partial charge < -0.3 is 14.4 Å². The Hall–Kier alpha value is -2.63. The van der Waals surface area contributed by atoms with Gasteiger partial charge in [-0.15, -0.1) is 0 Å². The molecule has 0 saturated carbocycles. The topological polar surface area (TPSA) is 76.2 Å². The highest BCUT2D eigenvalue weighted by Crippen LogP contribution is 2.31. The van der Waals surface area contributed by atoms with E-state index in [1.807, 2.05) is 6.92 Å². The van der Waals surface area contributed by atoms with Gasteiger partial charge in [0.1, 0.15) is 12.4 Å². The van der Waals surface area contributed by atoms with Crippen LogP contribution in [0.5, 0.6) is 5.75 Å². The van der Waals surface area contributed by atoms with E-state index in [1.165, 1.54) is 4.90 Å². The van der Waals surface area contributed by atoms with Crippen LogP contribution >= 0.6 is 0 Å². The van der Waals surface area contributed by atoms with E-state index in [0.717, 1.165) is 22.5 Å². The van der Waals surface area contributed by atoms with Gasteiger partial charge in [-0.05, 0) is 37.3 Å². The number of carbonyl (C=O) groups is 1. The fraction of sp³-hybridized carbons (Fsp3) is 0.409. The number of para-hydroxylation sites is 1. The fourth-order valence-corrected chi connectivity index (χ4v) is 4.88. The normalized spacial score (nSPS) is 15.5. The molecule has 1 aliphatic rings. The van der Waals surface area contributed by atoms with E-state index in [-0.39, 0.29) is 38.7 Å². The Kier molecular flexibility index (Phi) is 7.98. The minimum absolute atomic E-state index is 0.0301. The van der Waals surface area contributed by atoms with Crippen molar-refractivity contribution in [2.24, 2.45) is 0 Å². The fourth-order valence-electron chi connectivity index (χ4n) is 3.41. The molecule has 33 heavy (non-hydrogen) atoms. The number of nitrogens with zero attached hydrogens (tertiary/aromatic N) is 2. The van der Waals surface area contributed by atoms with Crippen LogP contribution in [-0.4, -0.2) is 69.5 Å². The van der Waals surface area contributed by atoms with E-state index < -0.39 is 26.7 Å². The van der Waals surface area contributed by atoms with Crippen molar-refractivity contribution in [2.45, 2.75) is 18.0 Å². The van der Waals surface area contributed by atoms with Gasteiger partial charge >= 0.3 is 6.18 Å². The lowest BCUT2D eigenvalue weighted by molar-refractivity contribution is -0.137. The zero-order valence-corrected chi connectivity index (χ0v) is 18.9. The van der Waals surface area contributed by atoms with Gasteiger partial charge in [-0.3, -0.25) is 4.79 Å². The van der Waals surface area contributed by atoms with Crippen LogP contribution in [0.4, 0.5) is 13.2 Å². The van der Waals surface area contributed by atoms with Crippen molar-refractivity contribution >= 4 is 15.9 Å². The third-order valence-corrected chi connectivity index (χ3v) is 7.03. The molecule has 11 heteroatoms. The summed E-state index contributed by atoms with van der Waals surface area (Å²) < 4.78 is 76.6. The Labute approximate surface area is 190 Å². The molecule has 2 aromatic carbocycles. The lowest BCUT2D eigenvalue weighted by Gasteiger charge is -2.34. The summed E-state index contributed by atoms with van der Waals surface area (Å²) in [7, 11) is -4.13. The summed E-state index contributed by atoms with van der Waals surface area (Å²) in [5.74, 6) is 0.0966. The lowest BCUT2D eigenvalue weighted by Crippen LogP contribution is -2.50. The number of rotatable bonds is 8. The first kappa shape index (κ1) is 25.0. The Morgan fingerprint density at radius 3 is 2.36 bits per heavy atom. The second-order valence-electron chi connectivity index (χ2n) is 7.26. The van der Waals surface area contributed by atoms with Gasteiger partial charge in [0.25, 0.3) is 5.91 Å². The van der Waals surface area contributed by atoms with Gasteiger partial charge in [0, 0.05) is 32.8 Å². The molecule has 0 aromatic heterocycles. The van der Waals surface area contributed by atoms with Crippen molar-refractivity contribution in [3.8, 4) is 5.75 Å². The number of sulfonamides is 1. The predicted molar refractivity (Wildman–Crippen MR) is 115 cm³/mol. The molecular formula is C22H25F3N2O5S. The smallest absolute Gasteiger partial charge is 0.416 e. The highest BCUT2D eigenvalue weighted by molar-refractivity contribution is 7.89. The summed E-state index contributed by atoms with van der Waals surface area (Å²) in [5.41, 5.74) is -0.679. The third-order valence-electron chi connectivity index (χ3n) is 5.13. The molecule has 7 nitrogen and oxygen atoms in total. The minimum Gasteiger partial charge on any atom is -0.490 e. The van der Waals surface area contributed by atoms with E-state index in [4.69, 9.17) is 9.47 Å². The molecule has 1 heterocycles. The first-order valence-corrected chi connectivity index (χ1v) is 11.8. The minimum atomic E-state index is -4.64. The van der Waals surface area contributed by atoms with E-state index in [0.29, 0.717) is 30.6 Å². The number of ether oxygens (including phenoxy) is 2. The zero-order valence-electron chi connectivity index (χ0n) is 18.0. The second kappa shape index (κ2) is 10.5. The first-order chi connectivity index (χ1) is 15.6. The van der Waals surface area contributed by atoms with Gasteiger partial charge in [0.2, 0.25) is 10.0 Å². The van der Waals surface area contributed by atoms with Crippen LogP contribution in [0.15, 0.2) is 53.4 Å². The summed E-state index contributed by atoms with van der Waals surface area (Å²) >= 11 is 0. The van der Waals surface area contributed by atoms with Gasteiger partial charge in [-0.25, -0.2) is 8.42 Å². The largest absolute Gasteiger partial charge is 0.490 e. The number of benzene rings is 2. The summed E-state index contributed by atoms with van der Waals surface area (Å²) in [6.45, 7) is 3.22.